The molecule has 8 fully saturated rings. The minimum Gasteiger partial charge on any atom is -0.458 e. The molecular formula is C25H33NO8. The van der Waals surface area contributed by atoms with Crippen molar-refractivity contribution in [3.8, 4) is 0 Å². The molecule has 9 nitrogen and oxygen atoms in total. The molecule has 186 valence electrons. The van der Waals surface area contributed by atoms with Gasteiger partial charge in [-0.05, 0) is 62.7 Å². The van der Waals surface area contributed by atoms with Crippen LogP contribution in [0, 0.1) is 35.5 Å². The molecule has 0 aromatic carbocycles. The predicted octanol–water partition coefficient (Wildman–Crippen LogP) is 0.927. The molecule has 6 atom stereocenters. The zero-order valence-corrected chi connectivity index (χ0v) is 19.6. The second-order valence-electron chi connectivity index (χ2n) is 11.8. The highest BCUT2D eigenvalue weighted by Gasteiger charge is 2.72. The first-order valence-corrected chi connectivity index (χ1v) is 13.0. The fourth-order valence-electron chi connectivity index (χ4n) is 8.44. The molecule has 6 bridgehead atoms. The van der Waals surface area contributed by atoms with Crippen LogP contribution in [0.15, 0.2) is 0 Å². The van der Waals surface area contributed by atoms with Gasteiger partial charge in [-0.15, -0.1) is 0 Å². The third-order valence-corrected chi connectivity index (χ3v) is 9.98. The number of morpholine rings is 1. The maximum Gasteiger partial charge on any atom is 0.320 e. The minimum atomic E-state index is -0.786. The second kappa shape index (κ2) is 7.64. The summed E-state index contributed by atoms with van der Waals surface area (Å²) in [7, 11) is 0. The molecule has 0 aromatic rings. The van der Waals surface area contributed by atoms with Gasteiger partial charge in [-0.25, -0.2) is 0 Å². The van der Waals surface area contributed by atoms with Crippen LogP contribution in [0.1, 0.15) is 39.0 Å². The smallest absolute Gasteiger partial charge is 0.320 e. The molecule has 9 heteroatoms. The molecule has 4 aliphatic carbocycles. The zero-order valence-electron chi connectivity index (χ0n) is 19.6. The Balaban J connectivity index is 1.07. The molecule has 8 aliphatic rings. The van der Waals surface area contributed by atoms with Crippen LogP contribution in [0.3, 0.4) is 0 Å². The number of nitrogens with zero attached hydrogens (tertiary/aromatic N) is 1. The lowest BCUT2D eigenvalue weighted by Gasteiger charge is -2.59. The fraction of sp³-hybridized carbons (Fsp3) is 0.880. The normalized spacial score (nSPS) is 50.4. The van der Waals surface area contributed by atoms with E-state index in [1.165, 1.54) is 6.42 Å². The van der Waals surface area contributed by atoms with Crippen LogP contribution in [0.4, 0.5) is 0 Å². The Morgan fingerprint density at radius 2 is 1.68 bits per heavy atom. The van der Waals surface area contributed by atoms with E-state index in [1.54, 1.807) is 0 Å². The molecule has 0 amide bonds. The van der Waals surface area contributed by atoms with E-state index in [0.717, 1.165) is 37.5 Å². The number of esters is 3. The first kappa shape index (κ1) is 21.6. The number of carbonyl (C=O) groups is 3. The van der Waals surface area contributed by atoms with Gasteiger partial charge in [0.1, 0.15) is 29.6 Å². The van der Waals surface area contributed by atoms with Crippen LogP contribution >= 0.6 is 0 Å². The summed E-state index contributed by atoms with van der Waals surface area (Å²) >= 11 is 0. The van der Waals surface area contributed by atoms with Crippen molar-refractivity contribution in [2.24, 2.45) is 35.5 Å². The van der Waals surface area contributed by atoms with Crippen molar-refractivity contribution >= 4 is 17.9 Å². The average molecular weight is 476 g/mol. The van der Waals surface area contributed by atoms with Crippen molar-refractivity contribution in [2.75, 3.05) is 32.8 Å². The van der Waals surface area contributed by atoms with E-state index >= 15 is 0 Å². The summed E-state index contributed by atoms with van der Waals surface area (Å²) in [6.07, 6.45) is 3.15. The molecule has 0 radical (unpaired) electrons. The van der Waals surface area contributed by atoms with Crippen molar-refractivity contribution in [3.63, 3.8) is 0 Å². The van der Waals surface area contributed by atoms with Gasteiger partial charge in [0.2, 0.25) is 0 Å². The molecular weight excluding hydrogens is 442 g/mol. The quantitative estimate of drug-likeness (QED) is 0.425. The van der Waals surface area contributed by atoms with E-state index in [4.69, 9.17) is 23.7 Å². The molecule has 8 rings (SSSR count). The Morgan fingerprint density at radius 3 is 2.35 bits per heavy atom. The van der Waals surface area contributed by atoms with Gasteiger partial charge in [-0.1, -0.05) is 0 Å². The lowest BCUT2D eigenvalue weighted by Crippen LogP contribution is -2.59. The molecule has 0 N–H and O–H groups in total. The topological polar surface area (TPSA) is 101 Å². The highest BCUT2D eigenvalue weighted by atomic mass is 16.7. The highest BCUT2D eigenvalue weighted by Crippen LogP contribution is 2.60. The molecule has 0 spiro atoms. The summed E-state index contributed by atoms with van der Waals surface area (Å²) in [5, 5.41) is 0. The van der Waals surface area contributed by atoms with Crippen LogP contribution in [-0.2, 0) is 38.1 Å². The maximum absolute atomic E-state index is 13.6. The number of hydrogen-bond acceptors (Lipinski definition) is 9. The molecule has 4 saturated carbocycles. The van der Waals surface area contributed by atoms with Crippen LogP contribution in [0.5, 0.6) is 0 Å². The van der Waals surface area contributed by atoms with E-state index in [-0.39, 0.29) is 12.5 Å². The Bertz CT molecular complexity index is 871. The van der Waals surface area contributed by atoms with Gasteiger partial charge in [0.15, 0.2) is 12.2 Å². The third kappa shape index (κ3) is 3.12. The largest absolute Gasteiger partial charge is 0.458 e. The predicted molar refractivity (Wildman–Crippen MR) is 114 cm³/mol. The SMILES string of the molecule is CC1(OC(=O)C2C3OC4C(OC(=O)C42)C3OC(=O)CN2CCOCC2)C2CC3CC(C2)CC1C3. The molecule has 0 aromatic heterocycles. The van der Waals surface area contributed by atoms with Crippen molar-refractivity contribution in [1.82, 2.24) is 4.90 Å². The molecule has 34 heavy (non-hydrogen) atoms. The highest BCUT2D eigenvalue weighted by molar-refractivity contribution is 5.87. The van der Waals surface area contributed by atoms with Crippen LogP contribution < -0.4 is 0 Å². The minimum absolute atomic E-state index is 0.139. The van der Waals surface area contributed by atoms with Gasteiger partial charge in [0.25, 0.3) is 0 Å². The monoisotopic (exact) mass is 475 g/mol. The molecule has 4 saturated heterocycles. The van der Waals surface area contributed by atoms with Crippen LogP contribution in [0.25, 0.3) is 0 Å². The summed E-state index contributed by atoms with van der Waals surface area (Å²) in [6.45, 7) is 4.74. The van der Waals surface area contributed by atoms with E-state index < -0.39 is 53.8 Å². The Labute approximate surface area is 198 Å². The number of ether oxygens (including phenoxy) is 5. The summed E-state index contributed by atoms with van der Waals surface area (Å²) in [5.41, 5.74) is -0.489. The zero-order chi connectivity index (χ0) is 23.2. The standard InChI is InChI=1S/C25H33NO8/c1-25(14-7-12-6-13(9-14)10-15(25)8-12)34-24(29)18-17-19-22(33-23(17)28)21(20(18)32-19)31-16(27)11-26-2-4-30-5-3-26/h12-15,17-22H,2-11H2,1H3. The molecule has 6 unspecified atom stereocenters. The summed E-state index contributed by atoms with van der Waals surface area (Å²) in [4.78, 5) is 41.0. The molecule has 4 heterocycles. The van der Waals surface area contributed by atoms with Crippen molar-refractivity contribution in [3.05, 3.63) is 0 Å². The van der Waals surface area contributed by atoms with Gasteiger partial charge < -0.3 is 23.7 Å². The maximum atomic E-state index is 13.6. The van der Waals surface area contributed by atoms with E-state index in [2.05, 4.69) is 6.92 Å². The lowest BCUT2D eigenvalue weighted by molar-refractivity contribution is -0.210. The molecule has 4 aliphatic heterocycles. The van der Waals surface area contributed by atoms with Gasteiger partial charge >= 0.3 is 17.9 Å². The van der Waals surface area contributed by atoms with Gasteiger partial charge in [0, 0.05) is 13.1 Å². The number of rotatable bonds is 5. The first-order valence-electron chi connectivity index (χ1n) is 13.0. The van der Waals surface area contributed by atoms with Crippen LogP contribution in [-0.4, -0.2) is 85.7 Å². The summed E-state index contributed by atoms with van der Waals surface area (Å²) in [6, 6.07) is 0. The Morgan fingerprint density at radius 1 is 1.00 bits per heavy atom. The summed E-state index contributed by atoms with van der Waals surface area (Å²) in [5.74, 6) is -0.385. The number of hydrogen-bond donors (Lipinski definition) is 0. The second-order valence-corrected chi connectivity index (χ2v) is 11.8. The van der Waals surface area contributed by atoms with E-state index in [0.29, 0.717) is 38.1 Å². The van der Waals surface area contributed by atoms with Gasteiger partial charge in [-0.3, -0.25) is 19.3 Å². The van der Waals surface area contributed by atoms with E-state index in [1.807, 2.05) is 4.90 Å². The van der Waals surface area contributed by atoms with Crippen molar-refractivity contribution in [1.29, 1.82) is 0 Å². The average Bonchev–Trinajstić information content (AvgIpc) is 3.42. The number of fused-ring (bicyclic) bond motifs is 1. The van der Waals surface area contributed by atoms with Crippen LogP contribution in [0.2, 0.25) is 0 Å². The summed E-state index contributed by atoms with van der Waals surface area (Å²) < 4.78 is 29.1. The van der Waals surface area contributed by atoms with E-state index in [9.17, 15) is 14.4 Å². The lowest BCUT2D eigenvalue weighted by atomic mass is 9.50. The van der Waals surface area contributed by atoms with Crippen molar-refractivity contribution in [2.45, 2.75) is 69.0 Å². The third-order valence-electron chi connectivity index (χ3n) is 9.98. The van der Waals surface area contributed by atoms with Crippen molar-refractivity contribution < 1.29 is 38.1 Å². The van der Waals surface area contributed by atoms with Gasteiger partial charge in [0.05, 0.1) is 19.8 Å². The van der Waals surface area contributed by atoms with Gasteiger partial charge in [-0.2, -0.15) is 0 Å². The first-order chi connectivity index (χ1) is 16.4. The number of carbonyl (C=O) groups excluding carboxylic acids is 3. The fourth-order valence-corrected chi connectivity index (χ4v) is 8.44. The Hall–Kier alpha value is -1.71. The Kier molecular flexibility index (Phi) is 4.85.